The zero-order valence-electron chi connectivity index (χ0n) is 8.30. The molecular formula is C11H16O2. The molecule has 0 aliphatic heterocycles. The van der Waals surface area contributed by atoms with E-state index in [1.807, 2.05) is 13.0 Å². The molecule has 13 heavy (non-hydrogen) atoms. The van der Waals surface area contributed by atoms with E-state index in [4.69, 9.17) is 4.42 Å². The molecule has 1 rings (SSSR count). The fourth-order valence-corrected chi connectivity index (χ4v) is 1.40. The van der Waals surface area contributed by atoms with Crippen molar-refractivity contribution in [2.75, 3.05) is 0 Å². The molecule has 1 aromatic heterocycles. The predicted octanol–water partition coefficient (Wildman–Crippen LogP) is 2.68. The molecule has 1 aromatic rings. The molecule has 0 bridgehead atoms. The molecule has 0 N–H and O–H groups in total. The minimum atomic E-state index is -0.230. The van der Waals surface area contributed by atoms with Crippen molar-refractivity contribution in [1.29, 1.82) is 0 Å². The van der Waals surface area contributed by atoms with Crippen LogP contribution >= 0.6 is 0 Å². The second-order valence-corrected chi connectivity index (χ2v) is 3.35. The second-order valence-electron chi connectivity index (χ2n) is 3.35. The summed E-state index contributed by atoms with van der Waals surface area (Å²) in [4.78, 5) is 11.0. The number of unbranched alkanes of at least 4 members (excludes halogenated alkanes) is 2. The van der Waals surface area contributed by atoms with Gasteiger partial charge in [0.25, 0.3) is 0 Å². The van der Waals surface area contributed by atoms with Crippen LogP contribution in [0.1, 0.15) is 37.5 Å². The zero-order valence-corrected chi connectivity index (χ0v) is 8.30. The summed E-state index contributed by atoms with van der Waals surface area (Å²) in [6.07, 6.45) is 4.57. The van der Waals surface area contributed by atoms with Crippen LogP contribution in [0.15, 0.2) is 21.3 Å². The fraction of sp³-hybridized carbons (Fsp3) is 0.545. The summed E-state index contributed by atoms with van der Waals surface area (Å²) < 4.78 is 4.87. The van der Waals surface area contributed by atoms with Crippen LogP contribution < -0.4 is 5.63 Å². The highest BCUT2D eigenvalue weighted by atomic mass is 16.4. The number of hydrogen-bond donors (Lipinski definition) is 0. The summed E-state index contributed by atoms with van der Waals surface area (Å²) in [6.45, 7) is 3.98. The first-order valence-electron chi connectivity index (χ1n) is 4.83. The Morgan fingerprint density at radius 3 is 2.69 bits per heavy atom. The highest BCUT2D eigenvalue weighted by molar-refractivity contribution is 5.12. The van der Waals surface area contributed by atoms with Gasteiger partial charge in [-0.1, -0.05) is 19.8 Å². The van der Waals surface area contributed by atoms with E-state index >= 15 is 0 Å². The van der Waals surface area contributed by atoms with Crippen molar-refractivity contribution in [3.8, 4) is 0 Å². The van der Waals surface area contributed by atoms with Crippen molar-refractivity contribution in [3.63, 3.8) is 0 Å². The Hall–Kier alpha value is -1.05. The SMILES string of the molecule is CCCCCc1cc(C)oc(=O)c1. The van der Waals surface area contributed by atoms with Gasteiger partial charge in [-0.3, -0.25) is 0 Å². The van der Waals surface area contributed by atoms with E-state index in [-0.39, 0.29) is 5.63 Å². The van der Waals surface area contributed by atoms with Crippen LogP contribution in [-0.2, 0) is 6.42 Å². The van der Waals surface area contributed by atoms with E-state index in [1.165, 1.54) is 12.8 Å². The minimum absolute atomic E-state index is 0.230. The van der Waals surface area contributed by atoms with Crippen LogP contribution in [0.25, 0.3) is 0 Å². The largest absolute Gasteiger partial charge is 0.428 e. The van der Waals surface area contributed by atoms with E-state index in [2.05, 4.69) is 6.92 Å². The molecule has 0 radical (unpaired) electrons. The molecule has 2 heteroatoms. The third-order valence-corrected chi connectivity index (χ3v) is 2.02. The molecule has 0 amide bonds. The van der Waals surface area contributed by atoms with Gasteiger partial charge in [-0.2, -0.15) is 0 Å². The summed E-state index contributed by atoms with van der Waals surface area (Å²) >= 11 is 0. The van der Waals surface area contributed by atoms with Gasteiger partial charge in [0.05, 0.1) is 0 Å². The van der Waals surface area contributed by atoms with Crippen molar-refractivity contribution in [1.82, 2.24) is 0 Å². The van der Waals surface area contributed by atoms with Crippen molar-refractivity contribution in [2.45, 2.75) is 39.5 Å². The normalized spacial score (nSPS) is 10.3. The first-order valence-corrected chi connectivity index (χ1v) is 4.83. The lowest BCUT2D eigenvalue weighted by atomic mass is 10.1. The van der Waals surface area contributed by atoms with Gasteiger partial charge in [-0.15, -0.1) is 0 Å². The smallest absolute Gasteiger partial charge is 0.336 e. The quantitative estimate of drug-likeness (QED) is 0.667. The van der Waals surface area contributed by atoms with Crippen molar-refractivity contribution in [3.05, 3.63) is 33.9 Å². The fourth-order valence-electron chi connectivity index (χ4n) is 1.40. The Labute approximate surface area is 78.6 Å². The molecule has 2 nitrogen and oxygen atoms in total. The van der Waals surface area contributed by atoms with Crippen LogP contribution in [-0.4, -0.2) is 0 Å². The van der Waals surface area contributed by atoms with Gasteiger partial charge in [0, 0.05) is 6.07 Å². The monoisotopic (exact) mass is 180 g/mol. The van der Waals surface area contributed by atoms with Crippen LogP contribution in [0.4, 0.5) is 0 Å². The van der Waals surface area contributed by atoms with Crippen molar-refractivity contribution < 1.29 is 4.42 Å². The van der Waals surface area contributed by atoms with E-state index in [0.29, 0.717) is 5.76 Å². The lowest BCUT2D eigenvalue weighted by Crippen LogP contribution is -2.00. The highest BCUT2D eigenvalue weighted by Gasteiger charge is 1.97. The minimum Gasteiger partial charge on any atom is -0.428 e. The zero-order chi connectivity index (χ0) is 9.68. The van der Waals surface area contributed by atoms with Crippen LogP contribution in [0.2, 0.25) is 0 Å². The van der Waals surface area contributed by atoms with Gasteiger partial charge in [-0.25, -0.2) is 4.79 Å². The Balaban J connectivity index is 2.61. The molecule has 0 saturated carbocycles. The number of hydrogen-bond acceptors (Lipinski definition) is 2. The third kappa shape index (κ3) is 3.45. The molecule has 0 aliphatic rings. The average molecular weight is 180 g/mol. The van der Waals surface area contributed by atoms with Gasteiger partial charge in [0.15, 0.2) is 0 Å². The highest BCUT2D eigenvalue weighted by Crippen LogP contribution is 2.06. The molecule has 1 heterocycles. The molecular weight excluding hydrogens is 164 g/mol. The summed E-state index contributed by atoms with van der Waals surface area (Å²) in [5.41, 5.74) is 0.869. The maximum atomic E-state index is 11.0. The lowest BCUT2D eigenvalue weighted by molar-refractivity contribution is 0.477. The molecule has 72 valence electrons. The average Bonchev–Trinajstić information content (AvgIpc) is 2.03. The van der Waals surface area contributed by atoms with Gasteiger partial charge >= 0.3 is 5.63 Å². The molecule has 0 aliphatic carbocycles. The Bertz CT molecular complexity index is 312. The lowest BCUT2D eigenvalue weighted by Gasteiger charge is -1.99. The van der Waals surface area contributed by atoms with Crippen molar-refractivity contribution in [2.24, 2.45) is 0 Å². The van der Waals surface area contributed by atoms with E-state index in [0.717, 1.165) is 18.4 Å². The van der Waals surface area contributed by atoms with Gasteiger partial charge in [-0.05, 0) is 31.4 Å². The molecule has 0 spiro atoms. The van der Waals surface area contributed by atoms with E-state index in [9.17, 15) is 4.79 Å². The van der Waals surface area contributed by atoms with Gasteiger partial charge in [0.2, 0.25) is 0 Å². The second kappa shape index (κ2) is 4.85. The van der Waals surface area contributed by atoms with E-state index in [1.54, 1.807) is 6.07 Å². The molecule has 0 saturated heterocycles. The Morgan fingerprint density at radius 2 is 2.08 bits per heavy atom. The standard InChI is InChI=1S/C11H16O2/c1-3-4-5-6-10-7-9(2)13-11(12)8-10/h7-8H,3-6H2,1-2H3. The third-order valence-electron chi connectivity index (χ3n) is 2.02. The van der Waals surface area contributed by atoms with Crippen LogP contribution in [0, 0.1) is 6.92 Å². The van der Waals surface area contributed by atoms with Crippen LogP contribution in [0.3, 0.4) is 0 Å². The van der Waals surface area contributed by atoms with Crippen molar-refractivity contribution >= 4 is 0 Å². The summed E-state index contributed by atoms with van der Waals surface area (Å²) in [7, 11) is 0. The van der Waals surface area contributed by atoms with Crippen LogP contribution in [0.5, 0.6) is 0 Å². The molecule has 0 unspecified atom stereocenters. The Morgan fingerprint density at radius 1 is 1.31 bits per heavy atom. The van der Waals surface area contributed by atoms with Gasteiger partial charge < -0.3 is 4.42 Å². The van der Waals surface area contributed by atoms with Gasteiger partial charge in [0.1, 0.15) is 5.76 Å². The van der Waals surface area contributed by atoms with E-state index < -0.39 is 0 Å². The Kier molecular flexibility index (Phi) is 3.74. The number of aryl methyl sites for hydroxylation is 2. The maximum Gasteiger partial charge on any atom is 0.336 e. The first kappa shape index (κ1) is 10.0. The summed E-state index contributed by atoms with van der Waals surface area (Å²) in [5, 5.41) is 0. The predicted molar refractivity (Wildman–Crippen MR) is 52.9 cm³/mol. The number of rotatable bonds is 4. The molecule has 0 atom stereocenters. The summed E-state index contributed by atoms with van der Waals surface area (Å²) in [6, 6.07) is 3.53. The molecule has 0 fully saturated rings. The summed E-state index contributed by atoms with van der Waals surface area (Å²) in [5.74, 6) is 0.707. The first-order chi connectivity index (χ1) is 6.22. The molecule has 0 aromatic carbocycles. The topological polar surface area (TPSA) is 30.2 Å². The maximum absolute atomic E-state index is 11.0.